The second-order valence-corrected chi connectivity index (χ2v) is 11.7. The van der Waals surface area contributed by atoms with Crippen LogP contribution < -0.4 is 15.4 Å². The molecule has 1 amide bonds. The van der Waals surface area contributed by atoms with E-state index >= 15 is 0 Å². The third-order valence-electron chi connectivity index (χ3n) is 7.36. The lowest BCUT2D eigenvalue weighted by atomic mass is 9.92. The van der Waals surface area contributed by atoms with E-state index < -0.39 is 0 Å². The van der Waals surface area contributed by atoms with Gasteiger partial charge in [0.05, 0.1) is 11.7 Å². The fourth-order valence-electron chi connectivity index (χ4n) is 5.36. The minimum atomic E-state index is -0.307. The number of anilines is 3. The Hall–Kier alpha value is -4.06. The molecule has 1 aliphatic heterocycles. The second kappa shape index (κ2) is 11.4. The van der Waals surface area contributed by atoms with Crippen molar-refractivity contribution >= 4 is 34.7 Å². The van der Waals surface area contributed by atoms with Crippen LogP contribution in [0.25, 0.3) is 11.2 Å². The van der Waals surface area contributed by atoms with Gasteiger partial charge >= 0.3 is 0 Å². The first-order chi connectivity index (χ1) is 19.5. The lowest BCUT2D eigenvalue weighted by Crippen LogP contribution is -2.26. The molecule has 5 rings (SSSR count). The molecule has 4 aromatic heterocycles. The van der Waals surface area contributed by atoms with Gasteiger partial charge in [-0.05, 0) is 31.9 Å². The van der Waals surface area contributed by atoms with Crippen molar-refractivity contribution in [3.05, 3.63) is 41.9 Å². The van der Waals surface area contributed by atoms with Crippen molar-refractivity contribution in [2.24, 2.45) is 13.0 Å². The summed E-state index contributed by atoms with van der Waals surface area (Å²) >= 11 is 0. The summed E-state index contributed by atoms with van der Waals surface area (Å²) in [5.74, 6) is 3.07. The van der Waals surface area contributed by atoms with Crippen molar-refractivity contribution < 1.29 is 13.9 Å². The van der Waals surface area contributed by atoms with Crippen molar-refractivity contribution in [3.8, 4) is 11.5 Å². The molecule has 0 unspecified atom stereocenters. The van der Waals surface area contributed by atoms with Crippen LogP contribution in [-0.4, -0.2) is 66.4 Å². The smallest absolute Gasteiger partial charge is 0.222 e. The van der Waals surface area contributed by atoms with Crippen LogP contribution in [-0.2, 0) is 23.8 Å². The van der Waals surface area contributed by atoms with E-state index in [0.717, 1.165) is 42.8 Å². The molecule has 1 saturated heterocycles. The lowest BCUT2D eigenvalue weighted by Gasteiger charge is -2.22. The van der Waals surface area contributed by atoms with Gasteiger partial charge in [0.15, 0.2) is 17.2 Å². The van der Waals surface area contributed by atoms with E-state index in [0.29, 0.717) is 47.2 Å². The molecule has 2 N–H and O–H groups in total. The van der Waals surface area contributed by atoms with E-state index in [4.69, 9.17) is 14.8 Å². The average Bonchev–Trinajstić information content (AvgIpc) is 3.59. The molecular weight excluding hydrogens is 525 g/mol. The molecule has 1 aliphatic rings. The number of fused-ring (bicyclic) bond motifs is 1. The zero-order chi connectivity index (χ0) is 29.3. The topological polar surface area (TPSA) is 115 Å². The first-order valence-electron chi connectivity index (χ1n) is 13.9. The van der Waals surface area contributed by atoms with Crippen molar-refractivity contribution in [1.29, 1.82) is 0 Å². The Morgan fingerprint density at radius 3 is 2.76 bits per heavy atom. The number of hydrogen-bond donors (Lipinski definition) is 2. The Kier molecular flexibility index (Phi) is 7.94. The molecule has 1 atom stereocenters. The minimum absolute atomic E-state index is 0.104. The number of pyridine rings is 2. The highest BCUT2D eigenvalue weighted by molar-refractivity contribution is 5.87. The summed E-state index contributed by atoms with van der Waals surface area (Å²) < 4.78 is 23.0. The number of hydrogen-bond acceptors (Lipinski definition) is 8. The number of rotatable bonds is 9. The van der Waals surface area contributed by atoms with Gasteiger partial charge in [-0.1, -0.05) is 20.8 Å². The molecule has 0 aromatic carbocycles. The standard InChI is InChI=1S/C29H38FN9O2/c1-18-22(41-21-7-10-31-24(13-21)33-19(2)40)15-32-27-26(18)37(6)28(35-27)34-25-14-23(29(3,4)5)39(36-25)17-20-8-11-38(16-20)12-9-30/h7,10,13-15,20H,8-9,11-12,16-17H2,1-6H3,(H,31,33,40)(H,32,34,35,36)/t20-/m0/s1. The number of ether oxygens (including phenoxy) is 1. The average molecular weight is 564 g/mol. The molecule has 0 saturated carbocycles. The molecule has 0 spiro atoms. The van der Waals surface area contributed by atoms with Crippen LogP contribution in [0.5, 0.6) is 11.5 Å². The van der Waals surface area contributed by atoms with Crippen molar-refractivity contribution in [2.45, 2.75) is 53.0 Å². The van der Waals surface area contributed by atoms with Crippen LogP contribution in [0.15, 0.2) is 30.6 Å². The Labute approximate surface area is 239 Å². The van der Waals surface area contributed by atoms with Gasteiger partial charge in [-0.15, -0.1) is 0 Å². The number of aryl methyl sites for hydroxylation is 2. The monoisotopic (exact) mass is 563 g/mol. The summed E-state index contributed by atoms with van der Waals surface area (Å²) in [4.78, 5) is 27.0. The molecule has 12 heteroatoms. The summed E-state index contributed by atoms with van der Waals surface area (Å²) in [7, 11) is 1.93. The van der Waals surface area contributed by atoms with Crippen LogP contribution in [0.1, 0.15) is 45.4 Å². The number of nitrogens with zero attached hydrogens (tertiary/aromatic N) is 7. The molecule has 1 fully saturated rings. The molecule has 0 aliphatic carbocycles. The van der Waals surface area contributed by atoms with Gasteiger partial charge in [0.2, 0.25) is 11.9 Å². The third-order valence-corrected chi connectivity index (χ3v) is 7.36. The van der Waals surface area contributed by atoms with Gasteiger partial charge in [0.25, 0.3) is 0 Å². The molecule has 4 aromatic rings. The number of likely N-dealkylation sites (tertiary alicyclic amines) is 1. The lowest BCUT2D eigenvalue weighted by molar-refractivity contribution is -0.114. The van der Waals surface area contributed by atoms with E-state index in [2.05, 4.69) is 57.0 Å². The first kappa shape index (κ1) is 28.5. The van der Waals surface area contributed by atoms with Crippen LogP contribution in [0.4, 0.5) is 22.0 Å². The largest absolute Gasteiger partial charge is 0.455 e. The molecule has 11 nitrogen and oxygen atoms in total. The Bertz CT molecular complexity index is 1560. The quantitative estimate of drug-likeness (QED) is 0.294. The number of nitrogens with one attached hydrogen (secondary N) is 2. The minimum Gasteiger partial charge on any atom is -0.455 e. The van der Waals surface area contributed by atoms with E-state index in [9.17, 15) is 9.18 Å². The summed E-state index contributed by atoms with van der Waals surface area (Å²) in [5, 5.41) is 11.0. The number of imidazole rings is 1. The highest BCUT2D eigenvalue weighted by Gasteiger charge is 2.27. The highest BCUT2D eigenvalue weighted by Crippen LogP contribution is 2.33. The van der Waals surface area contributed by atoms with E-state index in [1.807, 2.05) is 18.5 Å². The molecule has 0 radical (unpaired) electrons. The van der Waals surface area contributed by atoms with Gasteiger partial charge in [-0.3, -0.25) is 9.48 Å². The molecule has 0 bridgehead atoms. The number of alkyl halides is 1. The Morgan fingerprint density at radius 2 is 2.02 bits per heavy atom. The predicted molar refractivity (Wildman–Crippen MR) is 157 cm³/mol. The summed E-state index contributed by atoms with van der Waals surface area (Å²) in [6.45, 7) is 12.7. The van der Waals surface area contributed by atoms with Crippen molar-refractivity contribution in [2.75, 3.05) is 36.9 Å². The van der Waals surface area contributed by atoms with Crippen LogP contribution in [0, 0.1) is 12.8 Å². The van der Waals surface area contributed by atoms with E-state index in [1.165, 1.54) is 6.92 Å². The summed E-state index contributed by atoms with van der Waals surface area (Å²) in [5.41, 5.74) is 3.31. The van der Waals surface area contributed by atoms with Crippen molar-refractivity contribution in [3.63, 3.8) is 0 Å². The van der Waals surface area contributed by atoms with Gasteiger partial charge < -0.3 is 24.8 Å². The normalized spacial score (nSPS) is 15.9. The number of halogens is 1. The summed E-state index contributed by atoms with van der Waals surface area (Å²) in [6, 6.07) is 5.46. The predicted octanol–water partition coefficient (Wildman–Crippen LogP) is 4.95. The van der Waals surface area contributed by atoms with Gasteiger partial charge in [-0.2, -0.15) is 10.1 Å². The fourth-order valence-corrected chi connectivity index (χ4v) is 5.36. The molecule has 41 heavy (non-hydrogen) atoms. The number of amides is 1. The zero-order valence-corrected chi connectivity index (χ0v) is 24.5. The fraction of sp³-hybridized carbons (Fsp3) is 0.483. The Morgan fingerprint density at radius 1 is 1.22 bits per heavy atom. The first-order valence-corrected chi connectivity index (χ1v) is 13.9. The number of carbonyl (C=O) groups excluding carboxylic acids is 1. The number of carbonyl (C=O) groups is 1. The summed E-state index contributed by atoms with van der Waals surface area (Å²) in [6.07, 6.45) is 4.26. The van der Waals surface area contributed by atoms with E-state index in [1.54, 1.807) is 24.5 Å². The van der Waals surface area contributed by atoms with E-state index in [-0.39, 0.29) is 18.0 Å². The van der Waals surface area contributed by atoms with Gasteiger partial charge in [0.1, 0.15) is 18.2 Å². The maximum Gasteiger partial charge on any atom is 0.222 e. The van der Waals surface area contributed by atoms with Crippen LogP contribution in [0.3, 0.4) is 0 Å². The molecule has 5 heterocycles. The molecule has 218 valence electrons. The Balaban J connectivity index is 1.38. The van der Waals surface area contributed by atoms with Crippen molar-refractivity contribution in [1.82, 2.24) is 34.2 Å². The molecular formula is C29H38FN9O2. The number of aromatic nitrogens is 6. The maximum atomic E-state index is 12.8. The van der Waals surface area contributed by atoms with Gasteiger partial charge in [0, 0.05) is 68.6 Å². The zero-order valence-electron chi connectivity index (χ0n) is 24.5. The maximum absolute atomic E-state index is 12.8. The van der Waals surface area contributed by atoms with Crippen LogP contribution >= 0.6 is 0 Å². The second-order valence-electron chi connectivity index (χ2n) is 11.7. The van der Waals surface area contributed by atoms with Gasteiger partial charge in [-0.25, -0.2) is 14.4 Å². The SMILES string of the molecule is CC(=O)Nc1cc(Oc2cnc3nc(Nc4cc(C(C)(C)C)n(C[C@H]5CCN(CCF)C5)n4)n(C)c3c2C)ccn1. The third kappa shape index (κ3) is 6.32. The highest BCUT2D eigenvalue weighted by atomic mass is 19.1. The van der Waals surface area contributed by atoms with Crippen LogP contribution in [0.2, 0.25) is 0 Å².